The predicted octanol–water partition coefficient (Wildman–Crippen LogP) is 3.59. The first-order chi connectivity index (χ1) is 14.0. The van der Waals surface area contributed by atoms with Crippen molar-refractivity contribution >= 4 is 34.1 Å². The maximum atomic E-state index is 13.3. The molecular formula is C22H28N2O4S. The molecule has 5 aliphatic carbocycles. The standard InChI is InChI=1S/C22H28N2O4S/c25-19(16-11-5-7-12(8-6-11)17(16)22(27)28)24-21-18(20(26)23-13-9-10-13)14-3-1-2-4-15(14)29-21/h11-13,16-17H,1-10H2,(H,23,26)(H,24,25)(H,27,28)/t11?,12?,16-,17-/m1/s1. The molecule has 3 N–H and O–H groups in total. The minimum Gasteiger partial charge on any atom is -0.481 e. The number of rotatable bonds is 5. The molecule has 4 saturated carbocycles. The Morgan fingerprint density at radius 2 is 1.55 bits per heavy atom. The fourth-order valence-electron chi connectivity index (χ4n) is 5.76. The maximum absolute atomic E-state index is 13.3. The Kier molecular flexibility index (Phi) is 4.88. The third-order valence-corrected chi connectivity index (χ3v) is 8.56. The van der Waals surface area contributed by atoms with Crippen molar-refractivity contribution in [3.8, 4) is 0 Å². The Morgan fingerprint density at radius 3 is 2.21 bits per heavy atom. The second-order valence-corrected chi connectivity index (χ2v) is 10.3. The highest BCUT2D eigenvalue weighted by Crippen LogP contribution is 2.50. The molecule has 0 spiro atoms. The van der Waals surface area contributed by atoms with Gasteiger partial charge in [-0.05, 0) is 81.6 Å². The fourth-order valence-corrected chi connectivity index (χ4v) is 7.05. The van der Waals surface area contributed by atoms with Crippen LogP contribution in [0, 0.1) is 23.7 Å². The average molecular weight is 417 g/mol. The second kappa shape index (κ2) is 7.42. The number of thiophene rings is 1. The summed E-state index contributed by atoms with van der Waals surface area (Å²) in [5.74, 6) is -1.98. The summed E-state index contributed by atoms with van der Waals surface area (Å²) in [5.41, 5.74) is 1.73. The van der Waals surface area contributed by atoms with Gasteiger partial charge in [0.05, 0.1) is 17.4 Å². The summed E-state index contributed by atoms with van der Waals surface area (Å²) in [6, 6.07) is 0.260. The van der Waals surface area contributed by atoms with Crippen LogP contribution in [0.15, 0.2) is 0 Å². The lowest BCUT2D eigenvalue weighted by molar-refractivity contribution is -0.156. The second-order valence-electron chi connectivity index (χ2n) is 9.22. The van der Waals surface area contributed by atoms with Gasteiger partial charge in [0.2, 0.25) is 5.91 Å². The number of nitrogens with one attached hydrogen (secondary N) is 2. The highest BCUT2D eigenvalue weighted by atomic mass is 32.1. The summed E-state index contributed by atoms with van der Waals surface area (Å²) < 4.78 is 0. The molecule has 2 amide bonds. The molecule has 1 aromatic rings. The van der Waals surface area contributed by atoms with Gasteiger partial charge < -0.3 is 15.7 Å². The number of carbonyl (C=O) groups is 3. The number of anilines is 1. The molecule has 5 aliphatic rings. The molecule has 4 fully saturated rings. The van der Waals surface area contributed by atoms with Crippen molar-refractivity contribution in [3.05, 3.63) is 16.0 Å². The molecule has 6 rings (SSSR count). The van der Waals surface area contributed by atoms with Gasteiger partial charge in [-0.15, -0.1) is 11.3 Å². The quantitative estimate of drug-likeness (QED) is 0.683. The molecule has 2 bridgehead atoms. The zero-order chi connectivity index (χ0) is 20.1. The summed E-state index contributed by atoms with van der Waals surface area (Å²) in [7, 11) is 0. The van der Waals surface area contributed by atoms with E-state index in [2.05, 4.69) is 10.6 Å². The smallest absolute Gasteiger partial charge is 0.307 e. The average Bonchev–Trinajstić information content (AvgIpc) is 3.45. The van der Waals surface area contributed by atoms with E-state index in [4.69, 9.17) is 0 Å². The molecule has 0 saturated heterocycles. The number of hydrogen-bond acceptors (Lipinski definition) is 4. The van der Waals surface area contributed by atoms with Gasteiger partial charge in [0.15, 0.2) is 0 Å². The first kappa shape index (κ1) is 19.1. The molecule has 6 nitrogen and oxygen atoms in total. The molecule has 0 aromatic carbocycles. The van der Waals surface area contributed by atoms with Crippen LogP contribution in [0.1, 0.15) is 72.2 Å². The van der Waals surface area contributed by atoms with E-state index in [1.54, 1.807) is 0 Å². The zero-order valence-electron chi connectivity index (χ0n) is 16.5. The van der Waals surface area contributed by atoms with Crippen molar-refractivity contribution in [3.63, 3.8) is 0 Å². The van der Waals surface area contributed by atoms with Crippen LogP contribution in [0.5, 0.6) is 0 Å². The number of hydrogen-bond donors (Lipinski definition) is 3. The Morgan fingerprint density at radius 1 is 0.897 bits per heavy atom. The molecule has 29 heavy (non-hydrogen) atoms. The van der Waals surface area contributed by atoms with E-state index in [1.807, 2.05) is 0 Å². The van der Waals surface area contributed by atoms with Crippen LogP contribution in [-0.4, -0.2) is 28.9 Å². The van der Waals surface area contributed by atoms with Gasteiger partial charge in [-0.25, -0.2) is 0 Å². The molecular weight excluding hydrogens is 388 g/mol. The number of amides is 2. The minimum absolute atomic E-state index is 0.0813. The minimum atomic E-state index is -0.850. The van der Waals surface area contributed by atoms with Gasteiger partial charge >= 0.3 is 5.97 Å². The molecule has 156 valence electrons. The Hall–Kier alpha value is -1.89. The van der Waals surface area contributed by atoms with Crippen molar-refractivity contribution in [1.29, 1.82) is 0 Å². The monoisotopic (exact) mass is 416 g/mol. The third kappa shape index (κ3) is 3.47. The van der Waals surface area contributed by atoms with Gasteiger partial charge in [-0.3, -0.25) is 14.4 Å². The van der Waals surface area contributed by atoms with E-state index in [0.717, 1.165) is 69.8 Å². The molecule has 0 unspecified atom stereocenters. The van der Waals surface area contributed by atoms with Gasteiger partial charge in [-0.1, -0.05) is 0 Å². The van der Waals surface area contributed by atoms with Crippen LogP contribution in [-0.2, 0) is 22.4 Å². The third-order valence-electron chi connectivity index (χ3n) is 7.35. The summed E-state index contributed by atoms with van der Waals surface area (Å²) in [5, 5.41) is 16.5. The van der Waals surface area contributed by atoms with Crippen molar-refractivity contribution < 1.29 is 19.5 Å². The van der Waals surface area contributed by atoms with Crippen LogP contribution in [0.2, 0.25) is 0 Å². The molecule has 1 heterocycles. The van der Waals surface area contributed by atoms with Gasteiger partial charge in [0.25, 0.3) is 5.91 Å². The van der Waals surface area contributed by atoms with E-state index in [-0.39, 0.29) is 29.7 Å². The summed E-state index contributed by atoms with van der Waals surface area (Å²) >= 11 is 1.52. The summed E-state index contributed by atoms with van der Waals surface area (Å²) in [6.07, 6.45) is 9.72. The van der Waals surface area contributed by atoms with Crippen LogP contribution < -0.4 is 10.6 Å². The Labute approximate surface area is 174 Å². The topological polar surface area (TPSA) is 95.5 Å². The van der Waals surface area contributed by atoms with Crippen LogP contribution in [0.25, 0.3) is 0 Å². The van der Waals surface area contributed by atoms with E-state index in [0.29, 0.717) is 10.6 Å². The maximum Gasteiger partial charge on any atom is 0.307 e. The van der Waals surface area contributed by atoms with Crippen molar-refractivity contribution in [2.75, 3.05) is 5.32 Å². The molecule has 7 heteroatoms. The van der Waals surface area contributed by atoms with E-state index in [9.17, 15) is 19.5 Å². The Balaban J connectivity index is 1.43. The molecule has 0 aliphatic heterocycles. The molecule has 2 atom stereocenters. The van der Waals surface area contributed by atoms with Gasteiger partial charge in [-0.2, -0.15) is 0 Å². The lowest BCUT2D eigenvalue weighted by Gasteiger charge is -2.45. The van der Waals surface area contributed by atoms with Crippen molar-refractivity contribution in [1.82, 2.24) is 5.32 Å². The highest BCUT2D eigenvalue weighted by molar-refractivity contribution is 7.17. The highest BCUT2D eigenvalue weighted by Gasteiger charge is 2.50. The predicted molar refractivity (Wildman–Crippen MR) is 110 cm³/mol. The normalized spacial score (nSPS) is 30.5. The molecule has 1 aromatic heterocycles. The van der Waals surface area contributed by atoms with E-state index in [1.165, 1.54) is 16.2 Å². The number of carboxylic acids is 1. The summed E-state index contributed by atoms with van der Waals surface area (Å²) in [6.45, 7) is 0. The van der Waals surface area contributed by atoms with Crippen LogP contribution >= 0.6 is 11.3 Å². The first-order valence-electron chi connectivity index (χ1n) is 11.0. The Bertz CT molecular complexity index is 851. The van der Waals surface area contributed by atoms with Crippen molar-refractivity contribution in [2.45, 2.75) is 70.3 Å². The fraction of sp³-hybridized carbons (Fsp3) is 0.682. The lowest BCUT2D eigenvalue weighted by atomic mass is 9.58. The van der Waals surface area contributed by atoms with Gasteiger partial charge in [0, 0.05) is 10.9 Å². The number of aliphatic carboxylic acids is 1. The number of fused-ring (bicyclic) bond motifs is 4. The van der Waals surface area contributed by atoms with Crippen LogP contribution in [0.4, 0.5) is 5.00 Å². The lowest BCUT2D eigenvalue weighted by Crippen LogP contribution is -2.49. The summed E-state index contributed by atoms with van der Waals surface area (Å²) in [4.78, 5) is 39.4. The van der Waals surface area contributed by atoms with Gasteiger partial charge in [0.1, 0.15) is 5.00 Å². The number of carboxylic acid groups (broad SMARTS) is 1. The SMILES string of the molecule is O=C(NC1CC1)c1c(NC(=O)[C@@H]2C3CCC(CC3)[C@H]2C(=O)O)sc2c1CCCC2. The van der Waals surface area contributed by atoms with Crippen molar-refractivity contribution in [2.24, 2.45) is 23.7 Å². The van der Waals surface area contributed by atoms with Crippen LogP contribution in [0.3, 0.4) is 0 Å². The molecule has 0 radical (unpaired) electrons. The van der Waals surface area contributed by atoms with E-state index >= 15 is 0 Å². The number of aryl methyl sites for hydroxylation is 1. The zero-order valence-corrected chi connectivity index (χ0v) is 17.4. The number of carbonyl (C=O) groups excluding carboxylic acids is 2. The largest absolute Gasteiger partial charge is 0.481 e. The first-order valence-corrected chi connectivity index (χ1v) is 11.8. The van der Waals surface area contributed by atoms with E-state index < -0.39 is 17.8 Å².